The minimum atomic E-state index is -1.13. The van der Waals surface area contributed by atoms with Crippen molar-refractivity contribution in [2.45, 2.75) is 33.2 Å². The Bertz CT molecular complexity index is 913. The molecule has 2 aromatic rings. The number of amides is 1. The van der Waals surface area contributed by atoms with Gasteiger partial charge in [-0.3, -0.25) is 9.69 Å². The summed E-state index contributed by atoms with van der Waals surface area (Å²) < 4.78 is 8.01. The summed E-state index contributed by atoms with van der Waals surface area (Å²) >= 11 is 6.52. The smallest absolute Gasteiger partial charge is 0.266 e. The zero-order valence-electron chi connectivity index (χ0n) is 15.1. The Morgan fingerprint density at radius 2 is 2.19 bits per heavy atom. The minimum Gasteiger partial charge on any atom is -0.550 e. The second-order valence-corrected chi connectivity index (χ2v) is 7.98. The van der Waals surface area contributed by atoms with Crippen molar-refractivity contribution in [1.82, 2.24) is 9.47 Å². The molecular formula is C19H19N2O4S2-. The molecule has 1 amide bonds. The van der Waals surface area contributed by atoms with Crippen LogP contribution in [0.5, 0.6) is 0 Å². The van der Waals surface area contributed by atoms with Gasteiger partial charge in [0.15, 0.2) is 0 Å². The number of aliphatic carboxylic acids is 1. The summed E-state index contributed by atoms with van der Waals surface area (Å²) in [5, 5.41) is 10.6. The second-order valence-electron chi connectivity index (χ2n) is 6.30. The number of aryl methyl sites for hydroxylation is 1. The number of aromatic nitrogens is 1. The Labute approximate surface area is 166 Å². The third-order valence-electron chi connectivity index (χ3n) is 4.43. The van der Waals surface area contributed by atoms with Gasteiger partial charge in [-0.15, -0.1) is 0 Å². The van der Waals surface area contributed by atoms with Crippen molar-refractivity contribution in [3.05, 3.63) is 52.1 Å². The maximum atomic E-state index is 12.6. The molecule has 0 spiro atoms. The van der Waals surface area contributed by atoms with E-state index in [2.05, 4.69) is 4.57 Å². The summed E-state index contributed by atoms with van der Waals surface area (Å²) in [6, 6.07) is 5.81. The molecule has 0 atom stereocenters. The van der Waals surface area contributed by atoms with Crippen molar-refractivity contribution in [3.8, 4) is 0 Å². The van der Waals surface area contributed by atoms with Crippen molar-refractivity contribution >= 4 is 46.3 Å². The quantitative estimate of drug-likeness (QED) is 0.522. The van der Waals surface area contributed by atoms with Gasteiger partial charge in [0, 0.05) is 23.9 Å². The van der Waals surface area contributed by atoms with Crippen LogP contribution in [0.3, 0.4) is 0 Å². The first-order valence-corrected chi connectivity index (χ1v) is 9.73. The lowest BCUT2D eigenvalue weighted by Crippen LogP contribution is -2.30. The fourth-order valence-corrected chi connectivity index (χ4v) is 4.29. The molecule has 6 nitrogen and oxygen atoms in total. The molecule has 1 aliphatic rings. The summed E-state index contributed by atoms with van der Waals surface area (Å²) in [4.78, 5) is 25.2. The summed E-state index contributed by atoms with van der Waals surface area (Å²) in [5.41, 5.74) is 3.06. The molecule has 0 radical (unpaired) electrons. The van der Waals surface area contributed by atoms with E-state index in [1.54, 1.807) is 6.26 Å². The Kier molecular flexibility index (Phi) is 5.86. The van der Waals surface area contributed by atoms with E-state index < -0.39 is 5.97 Å². The van der Waals surface area contributed by atoms with Crippen LogP contribution in [0.2, 0.25) is 0 Å². The summed E-state index contributed by atoms with van der Waals surface area (Å²) in [5.74, 6) is -0.443. The van der Waals surface area contributed by atoms with Gasteiger partial charge in [-0.2, -0.15) is 0 Å². The van der Waals surface area contributed by atoms with Gasteiger partial charge in [-0.1, -0.05) is 24.0 Å². The van der Waals surface area contributed by atoms with E-state index in [1.807, 2.05) is 38.1 Å². The highest BCUT2D eigenvalue weighted by Crippen LogP contribution is 2.33. The molecule has 3 rings (SSSR count). The number of nitrogens with zero attached hydrogens (tertiary/aromatic N) is 2. The monoisotopic (exact) mass is 403 g/mol. The number of carbonyl (C=O) groups excluding carboxylic acids is 2. The van der Waals surface area contributed by atoms with Crippen molar-refractivity contribution in [1.29, 1.82) is 0 Å². The SMILES string of the molecule is Cc1cc(/C=C2\SC(=S)N(CCCC(=O)[O-])C2=O)c(C)n1Cc1ccco1. The predicted octanol–water partition coefficient (Wildman–Crippen LogP) is 2.48. The van der Waals surface area contributed by atoms with Gasteiger partial charge in [-0.25, -0.2) is 0 Å². The second kappa shape index (κ2) is 8.14. The van der Waals surface area contributed by atoms with Crippen molar-refractivity contribution in [3.63, 3.8) is 0 Å². The first-order chi connectivity index (χ1) is 12.9. The van der Waals surface area contributed by atoms with Crippen LogP contribution in [-0.4, -0.2) is 32.2 Å². The van der Waals surface area contributed by atoms with Gasteiger partial charge in [0.1, 0.15) is 10.1 Å². The zero-order chi connectivity index (χ0) is 19.6. The zero-order valence-corrected chi connectivity index (χ0v) is 16.7. The fraction of sp³-hybridized carbons (Fsp3) is 0.316. The van der Waals surface area contributed by atoms with Crippen LogP contribution in [0.1, 0.15) is 35.6 Å². The standard InChI is InChI=1S/C19H20N2O4S2/c1-12-9-14(13(2)21(12)11-15-5-4-8-25-15)10-16-18(24)20(19(26)27-16)7-3-6-17(22)23/h4-5,8-10H,3,6-7,11H2,1-2H3,(H,22,23)/p-1/b16-10-. The number of hydrogen-bond acceptors (Lipinski definition) is 6. The van der Waals surface area contributed by atoms with Gasteiger partial charge in [-0.05, 0) is 56.5 Å². The van der Waals surface area contributed by atoms with E-state index in [4.69, 9.17) is 16.6 Å². The summed E-state index contributed by atoms with van der Waals surface area (Å²) in [6.45, 7) is 4.93. The van der Waals surface area contributed by atoms with Crippen molar-refractivity contribution < 1.29 is 19.1 Å². The van der Waals surface area contributed by atoms with E-state index in [0.717, 1.165) is 22.7 Å². The number of furan rings is 1. The van der Waals surface area contributed by atoms with E-state index in [9.17, 15) is 14.7 Å². The average molecular weight is 404 g/mol. The van der Waals surface area contributed by atoms with E-state index >= 15 is 0 Å². The molecule has 8 heteroatoms. The van der Waals surface area contributed by atoms with Crippen LogP contribution in [0.15, 0.2) is 33.8 Å². The molecule has 0 unspecified atom stereocenters. The lowest BCUT2D eigenvalue weighted by molar-refractivity contribution is -0.305. The Balaban J connectivity index is 1.77. The molecular weight excluding hydrogens is 384 g/mol. The number of rotatable bonds is 7. The Morgan fingerprint density at radius 3 is 2.85 bits per heavy atom. The molecule has 1 aliphatic heterocycles. The molecule has 0 bridgehead atoms. The van der Waals surface area contributed by atoms with E-state index in [0.29, 0.717) is 22.2 Å². The summed E-state index contributed by atoms with van der Waals surface area (Å²) in [7, 11) is 0. The molecule has 1 saturated heterocycles. The average Bonchev–Trinajstić information content (AvgIpc) is 3.27. The number of carboxylic acids is 1. The van der Waals surface area contributed by atoms with Crippen LogP contribution in [0, 0.1) is 13.8 Å². The number of carbonyl (C=O) groups is 2. The first kappa shape index (κ1) is 19.4. The lowest BCUT2D eigenvalue weighted by Gasteiger charge is -2.14. The van der Waals surface area contributed by atoms with Crippen LogP contribution in [0.4, 0.5) is 0 Å². The highest BCUT2D eigenvalue weighted by molar-refractivity contribution is 8.26. The van der Waals surface area contributed by atoms with Gasteiger partial charge in [0.25, 0.3) is 5.91 Å². The van der Waals surface area contributed by atoms with Gasteiger partial charge in [0.2, 0.25) is 0 Å². The number of carboxylic acid groups (broad SMARTS) is 1. The predicted molar refractivity (Wildman–Crippen MR) is 106 cm³/mol. The maximum absolute atomic E-state index is 12.6. The minimum absolute atomic E-state index is 0.0932. The van der Waals surface area contributed by atoms with E-state index in [1.165, 1.54) is 16.7 Å². The fourth-order valence-electron chi connectivity index (χ4n) is 2.99. The highest BCUT2D eigenvalue weighted by atomic mass is 32.2. The van der Waals surface area contributed by atoms with E-state index in [-0.39, 0.29) is 18.9 Å². The lowest BCUT2D eigenvalue weighted by atomic mass is 10.2. The third kappa shape index (κ3) is 4.33. The van der Waals surface area contributed by atoms with Crippen LogP contribution in [-0.2, 0) is 16.1 Å². The van der Waals surface area contributed by atoms with Crippen LogP contribution in [0.25, 0.3) is 6.08 Å². The largest absolute Gasteiger partial charge is 0.550 e. The first-order valence-electron chi connectivity index (χ1n) is 8.51. The molecule has 2 aromatic heterocycles. The molecule has 142 valence electrons. The van der Waals surface area contributed by atoms with Gasteiger partial charge in [0.05, 0.1) is 17.7 Å². The molecule has 3 heterocycles. The van der Waals surface area contributed by atoms with Gasteiger partial charge >= 0.3 is 0 Å². The number of hydrogen-bond donors (Lipinski definition) is 0. The van der Waals surface area contributed by atoms with Crippen LogP contribution < -0.4 is 5.11 Å². The third-order valence-corrected chi connectivity index (χ3v) is 5.81. The highest BCUT2D eigenvalue weighted by Gasteiger charge is 2.31. The summed E-state index contributed by atoms with van der Waals surface area (Å²) in [6.07, 6.45) is 3.72. The molecule has 0 aliphatic carbocycles. The van der Waals surface area contributed by atoms with Crippen LogP contribution >= 0.6 is 24.0 Å². The van der Waals surface area contributed by atoms with Crippen molar-refractivity contribution in [2.24, 2.45) is 0 Å². The number of thiocarbonyl (C=S) groups is 1. The maximum Gasteiger partial charge on any atom is 0.266 e. The molecule has 27 heavy (non-hydrogen) atoms. The van der Waals surface area contributed by atoms with Gasteiger partial charge < -0.3 is 18.9 Å². The Morgan fingerprint density at radius 1 is 1.41 bits per heavy atom. The number of thioether (sulfide) groups is 1. The molecule has 0 N–H and O–H groups in total. The molecule has 0 aromatic carbocycles. The molecule has 1 fully saturated rings. The molecule has 0 saturated carbocycles. The topological polar surface area (TPSA) is 78.5 Å². The van der Waals surface area contributed by atoms with Crippen molar-refractivity contribution in [2.75, 3.05) is 6.54 Å². The Hall–Kier alpha value is -2.32. The normalized spacial score (nSPS) is 15.9.